The summed E-state index contributed by atoms with van der Waals surface area (Å²) in [5.41, 5.74) is 0.968. The van der Waals surface area contributed by atoms with E-state index in [9.17, 15) is 19.5 Å². The Morgan fingerprint density at radius 2 is 1.71 bits per heavy atom. The largest absolute Gasteiger partial charge is 0.393 e. The van der Waals surface area contributed by atoms with Crippen LogP contribution >= 0.6 is 0 Å². The molecule has 2 N–H and O–H groups in total. The van der Waals surface area contributed by atoms with Gasteiger partial charge in [0.25, 0.3) is 0 Å². The van der Waals surface area contributed by atoms with Gasteiger partial charge >= 0.3 is 0 Å². The number of aromatic nitrogens is 1. The lowest BCUT2D eigenvalue weighted by atomic mass is 9.33. The molecule has 6 rings (SSSR count). The molecule has 0 radical (unpaired) electrons. The molecule has 4 saturated carbocycles. The first-order valence-corrected chi connectivity index (χ1v) is 18.7. The van der Waals surface area contributed by atoms with E-state index in [0.29, 0.717) is 18.9 Å². The third kappa shape index (κ3) is 5.22. The van der Waals surface area contributed by atoms with Crippen LogP contribution in [-0.2, 0) is 20.9 Å². The topological polar surface area (TPSA) is 99.6 Å². The fourth-order valence-electron chi connectivity index (χ4n) is 12.1. The molecule has 0 unspecified atom stereocenters. The number of aliphatic hydroxyl groups excluding tert-OH is 1. The summed E-state index contributed by atoms with van der Waals surface area (Å²) in [5.74, 6) is 0.545. The van der Waals surface area contributed by atoms with Crippen LogP contribution in [0.4, 0.5) is 0 Å². The Labute approximate surface area is 289 Å². The molecule has 5 aliphatic carbocycles. The highest BCUT2D eigenvalue weighted by molar-refractivity contribution is 5.96. The number of nitrogens with one attached hydrogen (secondary N) is 1. The molecular weight excluding hydrogens is 598 g/mol. The third-order valence-electron chi connectivity index (χ3n) is 15.5. The number of ketones is 1. The van der Waals surface area contributed by atoms with Crippen LogP contribution in [0.5, 0.6) is 0 Å². The standard InChI is InChI=1S/C41H61N3O4/c1-26(2)44(25-33(47)43-24-27-11-10-20-42-23-27)35(48)38(6)17-16-37(5)18-19-40(8)28(29(37)22-38)21-30(45)34-39(7)14-13-32(46)36(3,4)31(39)12-15-41(34,40)9/h10-11,20-21,23,26,29,31-32,34,46H,12-19,22,24-25H2,1-9H3,(H,43,47)/t29-,31-,32-,34+,37+,38-,39-,40+,41+/m0/s1. The van der Waals surface area contributed by atoms with Crippen molar-refractivity contribution in [2.24, 2.45) is 50.2 Å². The lowest BCUT2D eigenvalue weighted by Crippen LogP contribution is -2.66. The van der Waals surface area contributed by atoms with Crippen LogP contribution in [-0.4, -0.2) is 51.3 Å². The van der Waals surface area contributed by atoms with Crippen molar-refractivity contribution in [1.29, 1.82) is 0 Å². The fraction of sp³-hybridized carbons (Fsp3) is 0.756. The normalized spacial score (nSPS) is 41.6. The SMILES string of the molecule is CC(C)N(CC(=O)NCc1cccnc1)C(=O)[C@@]1(C)CC[C@]2(C)CC[C@]3(C)C(=CC(=O)[C@@H]4[C@@]5(C)CC[C@H](O)C(C)(C)[C@@H]5CC[C@]43C)[C@@H]2C1. The van der Waals surface area contributed by atoms with Gasteiger partial charge in [-0.05, 0) is 128 Å². The zero-order valence-corrected chi connectivity index (χ0v) is 31.1. The Kier molecular flexibility index (Phi) is 8.66. The monoisotopic (exact) mass is 659 g/mol. The van der Waals surface area contributed by atoms with Gasteiger partial charge in [0.1, 0.15) is 0 Å². The maximum Gasteiger partial charge on any atom is 0.239 e. The Morgan fingerprint density at radius 3 is 2.38 bits per heavy atom. The molecule has 0 spiro atoms. The number of aliphatic hydroxyl groups is 1. The van der Waals surface area contributed by atoms with Gasteiger partial charge in [-0.3, -0.25) is 19.4 Å². The second kappa shape index (κ2) is 11.8. The van der Waals surface area contributed by atoms with Gasteiger partial charge in [-0.25, -0.2) is 0 Å². The molecule has 48 heavy (non-hydrogen) atoms. The van der Waals surface area contributed by atoms with Crippen LogP contribution in [0.3, 0.4) is 0 Å². The van der Waals surface area contributed by atoms with Crippen molar-refractivity contribution in [1.82, 2.24) is 15.2 Å². The molecule has 7 nitrogen and oxygen atoms in total. The van der Waals surface area contributed by atoms with E-state index in [1.54, 1.807) is 17.3 Å². The lowest BCUT2D eigenvalue weighted by Gasteiger charge is -2.70. The minimum Gasteiger partial charge on any atom is -0.393 e. The summed E-state index contributed by atoms with van der Waals surface area (Å²) in [5, 5.41) is 14.0. The van der Waals surface area contributed by atoms with E-state index in [-0.39, 0.29) is 75.2 Å². The van der Waals surface area contributed by atoms with Gasteiger partial charge in [0.15, 0.2) is 5.78 Å². The predicted molar refractivity (Wildman–Crippen MR) is 188 cm³/mol. The summed E-state index contributed by atoms with van der Waals surface area (Å²) < 4.78 is 0. The second-order valence-electron chi connectivity index (χ2n) is 18.8. The number of hydrogen-bond donors (Lipinski definition) is 2. The summed E-state index contributed by atoms with van der Waals surface area (Å²) >= 11 is 0. The van der Waals surface area contributed by atoms with Gasteiger partial charge in [-0.1, -0.05) is 60.1 Å². The van der Waals surface area contributed by atoms with Gasteiger partial charge in [-0.2, -0.15) is 0 Å². The fourth-order valence-corrected chi connectivity index (χ4v) is 12.1. The highest BCUT2D eigenvalue weighted by Gasteiger charge is 2.70. The van der Waals surface area contributed by atoms with Gasteiger partial charge < -0.3 is 15.3 Å². The number of amides is 2. The first kappa shape index (κ1) is 35.3. The van der Waals surface area contributed by atoms with E-state index >= 15 is 0 Å². The molecule has 5 aliphatic rings. The molecule has 0 aliphatic heterocycles. The first-order valence-electron chi connectivity index (χ1n) is 18.7. The highest BCUT2D eigenvalue weighted by atomic mass is 16.3. The van der Waals surface area contributed by atoms with Crippen molar-refractivity contribution in [2.45, 2.75) is 139 Å². The molecule has 1 aromatic rings. The molecule has 264 valence electrons. The molecule has 0 aromatic carbocycles. The van der Waals surface area contributed by atoms with Crippen LogP contribution in [0, 0.1) is 50.2 Å². The van der Waals surface area contributed by atoms with Crippen molar-refractivity contribution in [3.8, 4) is 0 Å². The first-order chi connectivity index (χ1) is 22.3. The highest BCUT2D eigenvalue weighted by Crippen LogP contribution is 2.75. The average Bonchev–Trinajstić information content (AvgIpc) is 3.02. The van der Waals surface area contributed by atoms with Crippen molar-refractivity contribution in [2.75, 3.05) is 6.54 Å². The number of carbonyl (C=O) groups excluding carboxylic acids is 3. The van der Waals surface area contributed by atoms with E-state index in [2.05, 4.69) is 64.8 Å². The van der Waals surface area contributed by atoms with Crippen LogP contribution in [0.25, 0.3) is 0 Å². The van der Waals surface area contributed by atoms with Gasteiger partial charge in [0.05, 0.1) is 12.6 Å². The van der Waals surface area contributed by atoms with E-state index in [1.807, 2.05) is 26.0 Å². The Bertz CT molecular complexity index is 1490. The number of rotatable bonds is 6. The zero-order valence-electron chi connectivity index (χ0n) is 31.1. The molecule has 7 heteroatoms. The van der Waals surface area contributed by atoms with Crippen LogP contribution in [0.2, 0.25) is 0 Å². The number of carbonyl (C=O) groups is 3. The number of hydrogen-bond acceptors (Lipinski definition) is 5. The van der Waals surface area contributed by atoms with Crippen LogP contribution in [0.15, 0.2) is 36.2 Å². The van der Waals surface area contributed by atoms with Gasteiger partial charge in [-0.15, -0.1) is 0 Å². The summed E-state index contributed by atoms with van der Waals surface area (Å²) in [7, 11) is 0. The molecular formula is C41H61N3O4. The third-order valence-corrected chi connectivity index (χ3v) is 15.5. The van der Waals surface area contributed by atoms with Crippen molar-refractivity contribution < 1.29 is 19.5 Å². The van der Waals surface area contributed by atoms with E-state index in [1.165, 1.54) is 5.57 Å². The maximum absolute atomic E-state index is 14.7. The summed E-state index contributed by atoms with van der Waals surface area (Å²) in [6, 6.07) is 3.66. The smallest absolute Gasteiger partial charge is 0.239 e. The number of nitrogens with zero attached hydrogens (tertiary/aromatic N) is 2. The summed E-state index contributed by atoms with van der Waals surface area (Å²) in [6.07, 6.45) is 13.5. The van der Waals surface area contributed by atoms with E-state index < -0.39 is 5.41 Å². The molecule has 4 fully saturated rings. The van der Waals surface area contributed by atoms with Crippen molar-refractivity contribution >= 4 is 17.6 Å². The quantitative estimate of drug-likeness (QED) is 0.335. The molecule has 9 atom stereocenters. The lowest BCUT2D eigenvalue weighted by molar-refractivity contribution is -0.202. The van der Waals surface area contributed by atoms with Gasteiger partial charge in [0.2, 0.25) is 11.8 Å². The van der Waals surface area contributed by atoms with E-state index in [0.717, 1.165) is 56.9 Å². The van der Waals surface area contributed by atoms with Crippen LogP contribution < -0.4 is 5.32 Å². The Balaban J connectivity index is 1.28. The molecule has 0 saturated heterocycles. The zero-order chi connectivity index (χ0) is 35.1. The minimum atomic E-state index is -0.620. The predicted octanol–water partition coefficient (Wildman–Crippen LogP) is 7.28. The average molecular weight is 660 g/mol. The summed E-state index contributed by atoms with van der Waals surface area (Å²) in [4.78, 5) is 48.3. The molecule has 1 aromatic heterocycles. The summed E-state index contributed by atoms with van der Waals surface area (Å²) in [6.45, 7) is 20.6. The van der Waals surface area contributed by atoms with Gasteiger partial charge in [0, 0.05) is 36.3 Å². The minimum absolute atomic E-state index is 0.0255. The van der Waals surface area contributed by atoms with Crippen LogP contribution in [0.1, 0.15) is 126 Å². The Morgan fingerprint density at radius 1 is 1.00 bits per heavy atom. The van der Waals surface area contributed by atoms with E-state index in [4.69, 9.17) is 0 Å². The molecule has 0 bridgehead atoms. The number of pyridine rings is 1. The second-order valence-corrected chi connectivity index (χ2v) is 18.8. The molecule has 2 amide bonds. The van der Waals surface area contributed by atoms with Crippen molar-refractivity contribution in [3.63, 3.8) is 0 Å². The number of allylic oxidation sites excluding steroid dienone is 2. The Hall–Kier alpha value is -2.54. The molecule has 1 heterocycles. The maximum atomic E-state index is 14.7. The van der Waals surface area contributed by atoms with Crippen molar-refractivity contribution in [3.05, 3.63) is 41.7 Å². The number of fused-ring (bicyclic) bond motifs is 7.